The van der Waals surface area contributed by atoms with E-state index in [0.29, 0.717) is 18.5 Å². The predicted octanol–water partition coefficient (Wildman–Crippen LogP) is 6.27. The average Bonchev–Trinajstić information content (AvgIpc) is 3.16. The molecule has 1 amide bonds. The van der Waals surface area contributed by atoms with Gasteiger partial charge in [-0.25, -0.2) is 0 Å². The Hall–Kier alpha value is -2.59. The van der Waals surface area contributed by atoms with Gasteiger partial charge in [0.1, 0.15) is 0 Å². The summed E-state index contributed by atoms with van der Waals surface area (Å²) in [4.78, 5) is 16.4. The Morgan fingerprint density at radius 3 is 2.66 bits per heavy atom. The number of carbonyl (C=O) groups excluding carboxylic acids is 1. The number of nitrogens with one attached hydrogen (secondary N) is 3. The molecule has 0 radical (unpaired) electrons. The maximum atomic E-state index is 12.7. The maximum Gasteiger partial charge on any atom is 0.228 e. The molecular weight excluding hydrogens is 394 g/mol. The molecule has 3 N–H and O–H groups in total. The SMILES string of the molecule is Cc1ccc(CC(=O)Nc2ccc3[nH]c4c(c3c2)CCCC4NC2CCCCC2)c(C)c1. The van der Waals surface area contributed by atoms with Crippen molar-refractivity contribution in [1.29, 1.82) is 0 Å². The minimum absolute atomic E-state index is 0.0394. The van der Waals surface area contributed by atoms with Crippen molar-refractivity contribution in [2.45, 2.75) is 83.7 Å². The van der Waals surface area contributed by atoms with E-state index in [0.717, 1.165) is 17.7 Å². The zero-order valence-corrected chi connectivity index (χ0v) is 19.4. The van der Waals surface area contributed by atoms with Crippen molar-refractivity contribution in [2.24, 2.45) is 0 Å². The zero-order chi connectivity index (χ0) is 22.1. The fourth-order valence-electron chi connectivity index (χ4n) is 5.68. The number of aryl methyl sites for hydroxylation is 3. The van der Waals surface area contributed by atoms with E-state index in [2.05, 4.69) is 59.8 Å². The summed E-state index contributed by atoms with van der Waals surface area (Å²) in [5.41, 5.74) is 8.36. The van der Waals surface area contributed by atoms with Crippen LogP contribution in [0, 0.1) is 13.8 Å². The first kappa shape index (κ1) is 21.3. The van der Waals surface area contributed by atoms with Crippen LogP contribution in [0.25, 0.3) is 10.9 Å². The molecule has 1 saturated carbocycles. The maximum absolute atomic E-state index is 12.7. The number of fused-ring (bicyclic) bond motifs is 3. The lowest BCUT2D eigenvalue weighted by Crippen LogP contribution is -2.36. The third-order valence-corrected chi connectivity index (χ3v) is 7.38. The van der Waals surface area contributed by atoms with E-state index in [1.807, 2.05) is 6.07 Å². The largest absolute Gasteiger partial charge is 0.357 e. The van der Waals surface area contributed by atoms with Gasteiger partial charge in [0.25, 0.3) is 0 Å². The molecule has 2 aromatic carbocycles. The molecule has 2 aliphatic rings. The van der Waals surface area contributed by atoms with E-state index in [9.17, 15) is 4.79 Å². The molecule has 4 nitrogen and oxygen atoms in total. The van der Waals surface area contributed by atoms with Gasteiger partial charge in [-0.05, 0) is 80.8 Å². The van der Waals surface area contributed by atoms with Gasteiger partial charge in [0.15, 0.2) is 0 Å². The van der Waals surface area contributed by atoms with Crippen LogP contribution in [0.2, 0.25) is 0 Å². The highest BCUT2D eigenvalue weighted by Gasteiger charge is 2.27. The Morgan fingerprint density at radius 2 is 1.84 bits per heavy atom. The van der Waals surface area contributed by atoms with Gasteiger partial charge in [0.2, 0.25) is 5.91 Å². The topological polar surface area (TPSA) is 56.9 Å². The first-order valence-electron chi connectivity index (χ1n) is 12.3. The zero-order valence-electron chi connectivity index (χ0n) is 19.4. The highest BCUT2D eigenvalue weighted by atomic mass is 16.1. The van der Waals surface area contributed by atoms with Crippen LogP contribution in [0.1, 0.15) is 78.9 Å². The van der Waals surface area contributed by atoms with Crippen molar-refractivity contribution in [2.75, 3.05) is 5.32 Å². The van der Waals surface area contributed by atoms with Gasteiger partial charge in [-0.1, -0.05) is 43.0 Å². The number of aromatic nitrogens is 1. The quantitative estimate of drug-likeness (QED) is 0.448. The molecule has 1 unspecified atom stereocenters. The number of hydrogen-bond acceptors (Lipinski definition) is 2. The summed E-state index contributed by atoms with van der Waals surface area (Å²) in [5, 5.41) is 8.35. The summed E-state index contributed by atoms with van der Waals surface area (Å²) >= 11 is 0. The standard InChI is InChI=1S/C28H35N3O/c1-18-11-12-20(19(2)15-18)16-27(32)30-22-13-14-25-24(17-22)23-9-6-10-26(28(23)31-25)29-21-7-4-3-5-8-21/h11-15,17,21,26,29,31H,3-10,16H2,1-2H3,(H,30,32). The molecule has 5 rings (SSSR count). The smallest absolute Gasteiger partial charge is 0.228 e. The second-order valence-electron chi connectivity index (χ2n) is 9.88. The number of rotatable bonds is 5. The lowest BCUT2D eigenvalue weighted by Gasteiger charge is -2.31. The van der Waals surface area contributed by atoms with E-state index in [1.54, 1.807) is 0 Å². The average molecular weight is 430 g/mol. The third kappa shape index (κ3) is 4.47. The minimum Gasteiger partial charge on any atom is -0.357 e. The van der Waals surface area contributed by atoms with Crippen LogP contribution in [-0.2, 0) is 17.6 Å². The summed E-state index contributed by atoms with van der Waals surface area (Å²) in [6, 6.07) is 13.7. The number of amides is 1. The number of carbonyl (C=O) groups is 1. The third-order valence-electron chi connectivity index (χ3n) is 7.38. The van der Waals surface area contributed by atoms with Crippen molar-refractivity contribution >= 4 is 22.5 Å². The van der Waals surface area contributed by atoms with Crippen LogP contribution in [0.4, 0.5) is 5.69 Å². The Morgan fingerprint density at radius 1 is 1.00 bits per heavy atom. The molecule has 1 heterocycles. The van der Waals surface area contributed by atoms with E-state index >= 15 is 0 Å². The van der Waals surface area contributed by atoms with Crippen LogP contribution >= 0.6 is 0 Å². The molecule has 0 aliphatic heterocycles. The van der Waals surface area contributed by atoms with Gasteiger partial charge < -0.3 is 15.6 Å². The lowest BCUT2D eigenvalue weighted by molar-refractivity contribution is -0.115. The molecule has 168 valence electrons. The second kappa shape index (κ2) is 9.11. The summed E-state index contributed by atoms with van der Waals surface area (Å²) in [5.74, 6) is 0.0394. The highest BCUT2D eigenvalue weighted by Crippen LogP contribution is 2.37. The Bertz CT molecular complexity index is 1120. The number of aromatic amines is 1. The number of H-pyrrole nitrogens is 1. The Balaban J connectivity index is 1.33. The Labute approximate surface area is 191 Å². The molecule has 0 saturated heterocycles. The highest BCUT2D eigenvalue weighted by molar-refractivity contribution is 5.96. The molecule has 1 atom stereocenters. The lowest BCUT2D eigenvalue weighted by atomic mass is 9.89. The molecule has 4 heteroatoms. The molecule has 1 fully saturated rings. The van der Waals surface area contributed by atoms with Crippen molar-refractivity contribution < 1.29 is 4.79 Å². The summed E-state index contributed by atoms with van der Waals surface area (Å²) in [7, 11) is 0. The first-order valence-corrected chi connectivity index (χ1v) is 12.3. The van der Waals surface area contributed by atoms with Gasteiger partial charge >= 0.3 is 0 Å². The minimum atomic E-state index is 0.0394. The molecule has 1 aromatic heterocycles. The van der Waals surface area contributed by atoms with Gasteiger partial charge in [0.05, 0.1) is 6.42 Å². The van der Waals surface area contributed by atoms with Crippen LogP contribution in [0.3, 0.4) is 0 Å². The molecule has 2 aliphatic carbocycles. The van der Waals surface area contributed by atoms with Gasteiger partial charge in [-0.3, -0.25) is 4.79 Å². The molecule has 3 aromatic rings. The van der Waals surface area contributed by atoms with Crippen molar-refractivity contribution in [3.8, 4) is 0 Å². The summed E-state index contributed by atoms with van der Waals surface area (Å²) < 4.78 is 0. The normalized spacial score (nSPS) is 19.1. The van der Waals surface area contributed by atoms with E-state index < -0.39 is 0 Å². The van der Waals surface area contributed by atoms with Gasteiger partial charge in [-0.2, -0.15) is 0 Å². The second-order valence-corrected chi connectivity index (χ2v) is 9.88. The van der Waals surface area contributed by atoms with E-state index in [1.165, 1.54) is 78.2 Å². The van der Waals surface area contributed by atoms with Crippen LogP contribution in [-0.4, -0.2) is 16.9 Å². The van der Waals surface area contributed by atoms with Crippen LogP contribution in [0.5, 0.6) is 0 Å². The van der Waals surface area contributed by atoms with Crippen LogP contribution < -0.4 is 10.6 Å². The summed E-state index contributed by atoms with van der Waals surface area (Å²) in [6.07, 6.45) is 10.7. The van der Waals surface area contributed by atoms with Gasteiger partial charge in [0, 0.05) is 34.4 Å². The van der Waals surface area contributed by atoms with E-state index in [-0.39, 0.29) is 5.91 Å². The number of hydrogen-bond donors (Lipinski definition) is 3. The number of benzene rings is 2. The van der Waals surface area contributed by atoms with Crippen LogP contribution in [0.15, 0.2) is 36.4 Å². The number of anilines is 1. The first-order chi connectivity index (χ1) is 15.6. The molecule has 0 spiro atoms. The predicted molar refractivity (Wildman–Crippen MR) is 132 cm³/mol. The Kier molecular flexibility index (Phi) is 6.05. The van der Waals surface area contributed by atoms with Crippen molar-refractivity contribution in [1.82, 2.24) is 10.3 Å². The van der Waals surface area contributed by atoms with E-state index in [4.69, 9.17) is 0 Å². The molecule has 32 heavy (non-hydrogen) atoms. The molecular formula is C28H35N3O. The monoisotopic (exact) mass is 429 g/mol. The van der Waals surface area contributed by atoms with Crippen molar-refractivity contribution in [3.63, 3.8) is 0 Å². The fourth-order valence-corrected chi connectivity index (χ4v) is 5.68. The molecule has 0 bridgehead atoms. The fraction of sp³-hybridized carbons (Fsp3) is 0.464. The summed E-state index contributed by atoms with van der Waals surface area (Å²) in [6.45, 7) is 4.16. The van der Waals surface area contributed by atoms with Gasteiger partial charge in [-0.15, -0.1) is 0 Å². The van der Waals surface area contributed by atoms with Crippen molar-refractivity contribution in [3.05, 3.63) is 64.3 Å².